The second-order valence-corrected chi connectivity index (χ2v) is 8.10. The van der Waals surface area contributed by atoms with E-state index in [1.165, 1.54) is 17.3 Å². The van der Waals surface area contributed by atoms with Gasteiger partial charge in [-0.3, -0.25) is 0 Å². The third-order valence-electron chi connectivity index (χ3n) is 4.94. The van der Waals surface area contributed by atoms with Crippen molar-refractivity contribution >= 4 is 11.8 Å². The third kappa shape index (κ3) is 4.03. The molecular formula is C20H22N4O3S. The first kappa shape index (κ1) is 19.3. The van der Waals surface area contributed by atoms with Crippen LogP contribution in [0.1, 0.15) is 17.4 Å². The Labute approximate surface area is 167 Å². The fourth-order valence-electron chi connectivity index (χ4n) is 3.45. The Morgan fingerprint density at radius 2 is 1.86 bits per heavy atom. The number of ether oxygens (including phenoxy) is 3. The lowest BCUT2D eigenvalue weighted by molar-refractivity contribution is -0.286. The number of aryl methyl sites for hydroxylation is 1. The maximum atomic E-state index is 9.08. The summed E-state index contributed by atoms with van der Waals surface area (Å²) >= 11 is 1.52. The first-order valence-electron chi connectivity index (χ1n) is 9.16. The van der Waals surface area contributed by atoms with Crippen LogP contribution in [0.25, 0.3) is 10.4 Å². The van der Waals surface area contributed by atoms with Crippen LogP contribution in [0.5, 0.6) is 0 Å². The number of nitrogens with two attached hydrogens (primary N) is 1. The van der Waals surface area contributed by atoms with E-state index < -0.39 is 24.5 Å². The lowest BCUT2D eigenvalue weighted by Crippen LogP contribution is -2.62. The highest BCUT2D eigenvalue weighted by atomic mass is 32.2. The van der Waals surface area contributed by atoms with Crippen molar-refractivity contribution in [3.05, 3.63) is 76.2 Å². The zero-order valence-electron chi connectivity index (χ0n) is 15.4. The molecule has 8 heteroatoms. The molecule has 146 valence electrons. The quantitative estimate of drug-likeness (QED) is 0.477. The highest BCUT2D eigenvalue weighted by Crippen LogP contribution is 2.39. The summed E-state index contributed by atoms with van der Waals surface area (Å²) in [5.41, 5.74) is 17.3. The van der Waals surface area contributed by atoms with Gasteiger partial charge < -0.3 is 19.9 Å². The predicted octanol–water partition coefficient (Wildman–Crippen LogP) is 3.93. The van der Waals surface area contributed by atoms with Gasteiger partial charge in [0.25, 0.3) is 0 Å². The largest absolute Gasteiger partial charge is 0.357 e. The lowest BCUT2D eigenvalue weighted by atomic mass is 9.95. The minimum absolute atomic E-state index is 0.347. The SMILES string of the molecule is Cc1ccc(S[C@H]2O[C@@H]3CO[C@@H](c4ccccc4)O[C@H]3[C@@H](N=[N+]=[N-])[C@H]2N)cc1. The normalized spacial score (nSPS) is 32.2. The number of rotatable bonds is 4. The Morgan fingerprint density at radius 3 is 2.57 bits per heavy atom. The van der Waals surface area contributed by atoms with E-state index in [9.17, 15) is 0 Å². The Hall–Kier alpha value is -2.06. The molecule has 0 aliphatic carbocycles. The number of benzene rings is 2. The van der Waals surface area contributed by atoms with Crippen LogP contribution < -0.4 is 5.73 Å². The van der Waals surface area contributed by atoms with Gasteiger partial charge >= 0.3 is 0 Å². The van der Waals surface area contributed by atoms with Crippen LogP contribution in [0.2, 0.25) is 0 Å². The molecule has 7 nitrogen and oxygen atoms in total. The second-order valence-electron chi connectivity index (χ2n) is 6.92. The van der Waals surface area contributed by atoms with E-state index in [0.717, 1.165) is 10.5 Å². The molecule has 0 bridgehead atoms. The molecule has 0 aromatic heterocycles. The standard InChI is InChI=1S/C20H22N4O3S/c1-12-7-9-14(10-8-12)28-20-16(21)17(23-24-22)18-15(26-20)11-25-19(27-18)13-5-3-2-4-6-13/h2-10,15-20H,11,21H2,1H3/t15-,16-,17+,18-,19-,20-/m1/s1. The molecule has 0 unspecified atom stereocenters. The van der Waals surface area contributed by atoms with Gasteiger partial charge in [-0.05, 0) is 24.6 Å². The van der Waals surface area contributed by atoms with E-state index >= 15 is 0 Å². The average Bonchev–Trinajstić information content (AvgIpc) is 2.73. The van der Waals surface area contributed by atoms with Gasteiger partial charge in [0, 0.05) is 15.4 Å². The van der Waals surface area contributed by atoms with Crippen LogP contribution in [-0.4, -0.2) is 36.3 Å². The van der Waals surface area contributed by atoms with Gasteiger partial charge in [0.15, 0.2) is 6.29 Å². The smallest absolute Gasteiger partial charge is 0.184 e. The molecule has 4 rings (SSSR count). The van der Waals surface area contributed by atoms with Gasteiger partial charge in [0.1, 0.15) is 11.5 Å². The number of azide groups is 1. The van der Waals surface area contributed by atoms with Gasteiger partial charge in [-0.2, -0.15) is 0 Å². The predicted molar refractivity (Wildman–Crippen MR) is 107 cm³/mol. The van der Waals surface area contributed by atoms with Crippen LogP contribution >= 0.6 is 11.8 Å². The molecule has 2 aromatic carbocycles. The number of hydrogen-bond donors (Lipinski definition) is 1. The van der Waals surface area contributed by atoms with Crippen molar-refractivity contribution in [1.82, 2.24) is 0 Å². The zero-order valence-corrected chi connectivity index (χ0v) is 16.2. The molecule has 28 heavy (non-hydrogen) atoms. The molecule has 2 aliphatic rings. The van der Waals surface area contributed by atoms with Crippen molar-refractivity contribution in [2.45, 2.75) is 47.8 Å². The minimum Gasteiger partial charge on any atom is -0.357 e. The van der Waals surface area contributed by atoms with Gasteiger partial charge in [-0.25, -0.2) is 0 Å². The molecule has 0 saturated carbocycles. The van der Waals surface area contributed by atoms with Crippen LogP contribution in [0, 0.1) is 6.92 Å². The highest BCUT2D eigenvalue weighted by Gasteiger charge is 2.48. The first-order chi connectivity index (χ1) is 13.7. The van der Waals surface area contributed by atoms with E-state index in [1.807, 2.05) is 61.5 Å². The summed E-state index contributed by atoms with van der Waals surface area (Å²) in [7, 11) is 0. The molecule has 2 N–H and O–H groups in total. The maximum absolute atomic E-state index is 9.08. The lowest BCUT2D eigenvalue weighted by Gasteiger charge is -2.47. The summed E-state index contributed by atoms with van der Waals surface area (Å²) in [4.78, 5) is 4.06. The number of fused-ring (bicyclic) bond motifs is 1. The van der Waals surface area contributed by atoms with E-state index in [0.29, 0.717) is 6.61 Å². The Morgan fingerprint density at radius 1 is 1.11 bits per heavy atom. The molecule has 2 heterocycles. The fraction of sp³-hybridized carbons (Fsp3) is 0.400. The van der Waals surface area contributed by atoms with Gasteiger partial charge in [-0.15, -0.1) is 0 Å². The molecule has 0 amide bonds. The second kappa shape index (κ2) is 8.53. The average molecular weight is 398 g/mol. The summed E-state index contributed by atoms with van der Waals surface area (Å²) in [6.07, 6.45) is -1.34. The summed E-state index contributed by atoms with van der Waals surface area (Å²) in [6.45, 7) is 2.39. The van der Waals surface area contributed by atoms with Gasteiger partial charge in [0.05, 0.1) is 24.8 Å². The molecule has 2 aromatic rings. The Kier molecular flexibility index (Phi) is 5.87. The molecule has 2 fully saturated rings. The van der Waals surface area contributed by atoms with Crippen LogP contribution in [0.15, 0.2) is 64.6 Å². The van der Waals surface area contributed by atoms with Crippen LogP contribution in [0.4, 0.5) is 0 Å². The van der Waals surface area contributed by atoms with Crippen LogP contribution in [-0.2, 0) is 14.2 Å². The van der Waals surface area contributed by atoms with E-state index in [4.69, 9.17) is 25.5 Å². The van der Waals surface area contributed by atoms with Crippen molar-refractivity contribution in [2.75, 3.05) is 6.61 Å². The highest BCUT2D eigenvalue weighted by molar-refractivity contribution is 7.99. The van der Waals surface area contributed by atoms with E-state index in [-0.39, 0.29) is 11.5 Å². The summed E-state index contributed by atoms with van der Waals surface area (Å²) < 4.78 is 18.2. The topological polar surface area (TPSA) is 102 Å². The fourth-order valence-corrected chi connectivity index (χ4v) is 4.53. The van der Waals surface area contributed by atoms with E-state index in [1.54, 1.807) is 0 Å². The molecule has 2 saturated heterocycles. The van der Waals surface area contributed by atoms with Crippen molar-refractivity contribution in [2.24, 2.45) is 10.8 Å². The molecule has 0 radical (unpaired) electrons. The van der Waals surface area contributed by atoms with Gasteiger partial charge in [-0.1, -0.05) is 64.9 Å². The van der Waals surface area contributed by atoms with E-state index in [2.05, 4.69) is 10.0 Å². The van der Waals surface area contributed by atoms with Crippen molar-refractivity contribution in [3.63, 3.8) is 0 Å². The molecule has 6 atom stereocenters. The molecule has 0 spiro atoms. The third-order valence-corrected chi connectivity index (χ3v) is 6.15. The molecule has 2 aliphatic heterocycles. The van der Waals surface area contributed by atoms with Crippen LogP contribution in [0.3, 0.4) is 0 Å². The number of nitrogens with zero attached hydrogens (tertiary/aromatic N) is 3. The Balaban J connectivity index is 1.53. The number of hydrogen-bond acceptors (Lipinski definition) is 6. The monoisotopic (exact) mass is 398 g/mol. The number of thioether (sulfide) groups is 1. The van der Waals surface area contributed by atoms with Gasteiger partial charge in [0.2, 0.25) is 0 Å². The summed E-state index contributed by atoms with van der Waals surface area (Å²) in [5.74, 6) is 0. The minimum atomic E-state index is -0.540. The van der Waals surface area contributed by atoms with Crippen molar-refractivity contribution < 1.29 is 14.2 Å². The van der Waals surface area contributed by atoms with Crippen molar-refractivity contribution in [1.29, 1.82) is 0 Å². The first-order valence-corrected chi connectivity index (χ1v) is 10.0. The summed E-state index contributed by atoms with van der Waals surface area (Å²) in [5, 5.41) is 3.96. The van der Waals surface area contributed by atoms with Crippen molar-refractivity contribution in [3.8, 4) is 0 Å². The maximum Gasteiger partial charge on any atom is 0.184 e. The zero-order chi connectivity index (χ0) is 19.5. The Bertz CT molecular complexity index is 844. The molecular weight excluding hydrogens is 376 g/mol. The summed E-state index contributed by atoms with van der Waals surface area (Å²) in [6, 6.07) is 16.8.